The Labute approximate surface area is 179 Å². The second-order valence-electron chi connectivity index (χ2n) is 9.14. The second kappa shape index (κ2) is 8.90. The van der Waals surface area contributed by atoms with Crippen molar-refractivity contribution in [3.05, 3.63) is 41.7 Å². The van der Waals surface area contributed by atoms with Crippen molar-refractivity contribution in [1.82, 2.24) is 15.4 Å². The van der Waals surface area contributed by atoms with Crippen LogP contribution in [0.25, 0.3) is 11.3 Å². The Morgan fingerprint density at radius 1 is 1.30 bits per heavy atom. The predicted molar refractivity (Wildman–Crippen MR) is 116 cm³/mol. The van der Waals surface area contributed by atoms with E-state index >= 15 is 0 Å². The maximum Gasteiger partial charge on any atom is 0.257 e. The van der Waals surface area contributed by atoms with Crippen molar-refractivity contribution in [2.75, 3.05) is 26.2 Å². The number of nitrogens with zero attached hydrogens (tertiary/aromatic N) is 2. The maximum atomic E-state index is 13.4. The number of benzene rings is 1. The van der Waals surface area contributed by atoms with Crippen LogP contribution in [-0.2, 0) is 4.74 Å². The van der Waals surface area contributed by atoms with Gasteiger partial charge in [-0.1, -0.05) is 62.2 Å². The Morgan fingerprint density at radius 3 is 2.87 bits per heavy atom. The number of carbonyl (C=O) groups is 1. The molecular formula is C24H33N3O3. The van der Waals surface area contributed by atoms with Gasteiger partial charge < -0.3 is 14.6 Å². The summed E-state index contributed by atoms with van der Waals surface area (Å²) in [6.07, 6.45) is 4.17. The number of nitrogens with one attached hydrogen (secondary N) is 1. The van der Waals surface area contributed by atoms with Crippen LogP contribution in [0.5, 0.6) is 0 Å². The molecule has 2 fully saturated rings. The van der Waals surface area contributed by atoms with Gasteiger partial charge in [0.15, 0.2) is 0 Å². The number of morpholine rings is 1. The molecule has 2 atom stereocenters. The van der Waals surface area contributed by atoms with E-state index in [0.29, 0.717) is 22.9 Å². The van der Waals surface area contributed by atoms with Crippen LogP contribution in [0.15, 0.2) is 34.9 Å². The van der Waals surface area contributed by atoms with Gasteiger partial charge in [-0.15, -0.1) is 0 Å². The van der Waals surface area contributed by atoms with Crippen LogP contribution in [0.1, 0.15) is 55.6 Å². The molecule has 1 aliphatic carbocycles. The third-order valence-corrected chi connectivity index (χ3v) is 6.33. The molecule has 6 heteroatoms. The van der Waals surface area contributed by atoms with Crippen LogP contribution < -0.4 is 5.32 Å². The highest BCUT2D eigenvalue weighted by atomic mass is 16.5. The standard InChI is InChI=1S/C24H33N3O3/c1-17(2)15-27-13-14-29-24(16-27)12-8-7-11-20(24)25-23(28)21-18(3)30-26-22(21)19-9-5-4-6-10-19/h4-6,9-10,17,20H,7-8,11-16H2,1-3H3,(H,25,28)/t20-,24-/m0/s1. The molecule has 1 aromatic carbocycles. The van der Waals surface area contributed by atoms with Gasteiger partial charge in [-0.3, -0.25) is 9.69 Å². The Bertz CT molecular complexity index is 860. The summed E-state index contributed by atoms with van der Waals surface area (Å²) in [4.78, 5) is 15.9. The highest BCUT2D eigenvalue weighted by Crippen LogP contribution is 2.36. The number of amides is 1. The highest BCUT2D eigenvalue weighted by Gasteiger charge is 2.46. The molecule has 30 heavy (non-hydrogen) atoms. The zero-order chi connectivity index (χ0) is 21.1. The van der Waals surface area contributed by atoms with E-state index in [0.717, 1.165) is 57.5 Å². The van der Waals surface area contributed by atoms with Gasteiger partial charge in [0.05, 0.1) is 12.6 Å². The van der Waals surface area contributed by atoms with Crippen LogP contribution >= 0.6 is 0 Å². The molecular weight excluding hydrogens is 378 g/mol. The summed E-state index contributed by atoms with van der Waals surface area (Å²) in [6, 6.07) is 9.72. The van der Waals surface area contributed by atoms with Crippen molar-refractivity contribution in [3.63, 3.8) is 0 Å². The first-order chi connectivity index (χ1) is 14.5. The van der Waals surface area contributed by atoms with Crippen molar-refractivity contribution in [1.29, 1.82) is 0 Å². The SMILES string of the molecule is Cc1onc(-c2ccccc2)c1C(=O)N[C@H]1CCCC[C@]12CN(CC(C)C)CCO2. The minimum absolute atomic E-state index is 0.00774. The molecule has 1 saturated carbocycles. The molecule has 0 radical (unpaired) electrons. The normalized spacial score (nSPS) is 25.0. The molecule has 1 saturated heterocycles. The first-order valence-electron chi connectivity index (χ1n) is 11.2. The number of hydrogen-bond acceptors (Lipinski definition) is 5. The molecule has 4 rings (SSSR count). The molecule has 2 aromatic rings. The Kier molecular flexibility index (Phi) is 6.25. The number of hydrogen-bond donors (Lipinski definition) is 1. The zero-order valence-electron chi connectivity index (χ0n) is 18.3. The third kappa shape index (κ3) is 4.30. The maximum absolute atomic E-state index is 13.4. The first kappa shape index (κ1) is 21.1. The quantitative estimate of drug-likeness (QED) is 0.804. The molecule has 1 N–H and O–H groups in total. The molecule has 0 unspecified atom stereocenters. The molecule has 1 amide bonds. The van der Waals surface area contributed by atoms with E-state index < -0.39 is 0 Å². The highest BCUT2D eigenvalue weighted by molar-refractivity contribution is 6.01. The van der Waals surface area contributed by atoms with Gasteiger partial charge in [0.2, 0.25) is 0 Å². The number of ether oxygens (including phenoxy) is 1. The Hall–Kier alpha value is -2.18. The lowest BCUT2D eigenvalue weighted by Gasteiger charge is -2.50. The third-order valence-electron chi connectivity index (χ3n) is 6.33. The summed E-state index contributed by atoms with van der Waals surface area (Å²) in [5.41, 5.74) is 1.70. The van der Waals surface area contributed by atoms with Gasteiger partial charge in [-0.2, -0.15) is 0 Å². The van der Waals surface area contributed by atoms with Crippen LogP contribution in [0.2, 0.25) is 0 Å². The van der Waals surface area contributed by atoms with Gasteiger partial charge >= 0.3 is 0 Å². The van der Waals surface area contributed by atoms with E-state index in [4.69, 9.17) is 9.26 Å². The molecule has 2 aliphatic rings. The van der Waals surface area contributed by atoms with Crippen LogP contribution in [0, 0.1) is 12.8 Å². The summed E-state index contributed by atoms with van der Waals surface area (Å²) in [5.74, 6) is 1.04. The largest absolute Gasteiger partial charge is 0.370 e. The molecule has 2 heterocycles. The molecule has 1 aliphatic heterocycles. The average Bonchev–Trinajstić information content (AvgIpc) is 3.12. The van der Waals surface area contributed by atoms with Crippen LogP contribution in [0.3, 0.4) is 0 Å². The lowest BCUT2D eigenvalue weighted by molar-refractivity contribution is -0.142. The smallest absolute Gasteiger partial charge is 0.257 e. The lowest BCUT2D eigenvalue weighted by atomic mass is 9.78. The lowest BCUT2D eigenvalue weighted by Crippen LogP contribution is -2.64. The Morgan fingerprint density at radius 2 is 2.10 bits per heavy atom. The monoisotopic (exact) mass is 411 g/mol. The fourth-order valence-electron chi connectivity index (χ4n) is 4.99. The van der Waals surface area contributed by atoms with E-state index in [1.807, 2.05) is 30.3 Å². The van der Waals surface area contributed by atoms with Crippen molar-refractivity contribution >= 4 is 5.91 Å². The second-order valence-corrected chi connectivity index (χ2v) is 9.14. The predicted octanol–water partition coefficient (Wildman–Crippen LogP) is 4.05. The minimum Gasteiger partial charge on any atom is -0.370 e. The topological polar surface area (TPSA) is 67.6 Å². The van der Waals surface area contributed by atoms with Gasteiger partial charge in [0, 0.05) is 25.2 Å². The molecule has 1 spiro atoms. The van der Waals surface area contributed by atoms with Crippen LogP contribution in [0.4, 0.5) is 0 Å². The van der Waals surface area contributed by atoms with Gasteiger partial charge in [0.1, 0.15) is 22.6 Å². The van der Waals surface area contributed by atoms with Crippen molar-refractivity contribution in [2.45, 2.75) is 58.1 Å². The molecule has 162 valence electrons. The van der Waals surface area contributed by atoms with Gasteiger partial charge in [-0.05, 0) is 25.7 Å². The number of aromatic nitrogens is 1. The van der Waals surface area contributed by atoms with Crippen molar-refractivity contribution in [3.8, 4) is 11.3 Å². The first-order valence-corrected chi connectivity index (χ1v) is 11.2. The summed E-state index contributed by atoms with van der Waals surface area (Å²) in [5, 5.41) is 7.49. The number of aryl methyl sites for hydroxylation is 1. The van der Waals surface area contributed by atoms with Crippen molar-refractivity contribution in [2.24, 2.45) is 5.92 Å². The number of rotatable bonds is 5. The van der Waals surface area contributed by atoms with Crippen molar-refractivity contribution < 1.29 is 14.1 Å². The number of carbonyl (C=O) groups excluding carboxylic acids is 1. The summed E-state index contributed by atoms with van der Waals surface area (Å²) < 4.78 is 11.8. The minimum atomic E-state index is -0.307. The van der Waals surface area contributed by atoms with Gasteiger partial charge in [0.25, 0.3) is 5.91 Å². The van der Waals surface area contributed by atoms with Gasteiger partial charge in [-0.25, -0.2) is 0 Å². The summed E-state index contributed by atoms with van der Waals surface area (Å²) in [7, 11) is 0. The zero-order valence-corrected chi connectivity index (χ0v) is 18.3. The molecule has 0 bridgehead atoms. The van der Waals surface area contributed by atoms with E-state index in [-0.39, 0.29) is 17.6 Å². The fourth-order valence-corrected chi connectivity index (χ4v) is 4.99. The fraction of sp³-hybridized carbons (Fsp3) is 0.583. The van der Waals surface area contributed by atoms with E-state index in [1.165, 1.54) is 0 Å². The molecule has 6 nitrogen and oxygen atoms in total. The van der Waals surface area contributed by atoms with Crippen LogP contribution in [-0.4, -0.2) is 53.8 Å². The summed E-state index contributed by atoms with van der Waals surface area (Å²) >= 11 is 0. The summed E-state index contributed by atoms with van der Waals surface area (Å²) in [6.45, 7) is 9.93. The van der Waals surface area contributed by atoms with E-state index in [9.17, 15) is 4.79 Å². The Balaban J connectivity index is 1.56. The van der Waals surface area contributed by atoms with E-state index in [2.05, 4.69) is 29.2 Å². The van der Waals surface area contributed by atoms with E-state index in [1.54, 1.807) is 6.92 Å². The molecule has 1 aromatic heterocycles. The average molecular weight is 412 g/mol.